The first-order valence-corrected chi connectivity index (χ1v) is 6.56. The molecule has 3 unspecified atom stereocenters. The van der Waals surface area contributed by atoms with Crippen molar-refractivity contribution in [1.82, 2.24) is 4.90 Å². The summed E-state index contributed by atoms with van der Waals surface area (Å²) in [6, 6.07) is 0.990. The van der Waals surface area contributed by atoms with E-state index >= 15 is 0 Å². The van der Waals surface area contributed by atoms with Gasteiger partial charge in [0.1, 0.15) is 6.10 Å². The van der Waals surface area contributed by atoms with Crippen LogP contribution in [0.3, 0.4) is 0 Å². The number of ether oxygens (including phenoxy) is 1. The Hall–Kier alpha value is -0.750. The standard InChI is InChI=1S/C12H18F2N2O2/c13-12(14)5-10(18-11(12)17)6-16-8-1-2-9(16)4-7(15)3-8/h7-10H,1-6,15H2. The normalized spacial score (nSPS) is 43.2. The molecule has 3 rings (SSSR count). The van der Waals surface area contributed by atoms with Crippen LogP contribution < -0.4 is 5.73 Å². The van der Waals surface area contributed by atoms with Crippen LogP contribution in [0.2, 0.25) is 0 Å². The molecule has 2 N–H and O–H groups in total. The minimum atomic E-state index is -3.30. The van der Waals surface area contributed by atoms with Crippen molar-refractivity contribution in [2.45, 2.75) is 62.3 Å². The van der Waals surface area contributed by atoms with Crippen molar-refractivity contribution in [1.29, 1.82) is 0 Å². The lowest BCUT2D eigenvalue weighted by Gasteiger charge is -2.38. The van der Waals surface area contributed by atoms with Gasteiger partial charge in [0.25, 0.3) is 0 Å². The summed E-state index contributed by atoms with van der Waals surface area (Å²) in [7, 11) is 0. The molecule has 3 aliphatic rings. The molecule has 0 radical (unpaired) electrons. The van der Waals surface area contributed by atoms with E-state index in [2.05, 4.69) is 4.90 Å². The molecule has 3 saturated heterocycles. The molecule has 4 nitrogen and oxygen atoms in total. The van der Waals surface area contributed by atoms with Gasteiger partial charge >= 0.3 is 11.9 Å². The number of hydrogen-bond donors (Lipinski definition) is 1. The summed E-state index contributed by atoms with van der Waals surface area (Å²) in [5, 5.41) is 0. The summed E-state index contributed by atoms with van der Waals surface area (Å²) in [6.45, 7) is 0.434. The Morgan fingerprint density at radius 1 is 1.33 bits per heavy atom. The Morgan fingerprint density at radius 2 is 1.94 bits per heavy atom. The highest BCUT2D eigenvalue weighted by atomic mass is 19.3. The van der Waals surface area contributed by atoms with Gasteiger partial charge in [0.15, 0.2) is 0 Å². The minimum absolute atomic E-state index is 0.228. The van der Waals surface area contributed by atoms with Crippen molar-refractivity contribution in [3.8, 4) is 0 Å². The van der Waals surface area contributed by atoms with Crippen molar-refractivity contribution in [2.75, 3.05) is 6.54 Å². The van der Waals surface area contributed by atoms with Crippen LogP contribution in [0.4, 0.5) is 8.78 Å². The van der Waals surface area contributed by atoms with Crippen LogP contribution in [0.15, 0.2) is 0 Å². The quantitative estimate of drug-likeness (QED) is 0.749. The molecule has 18 heavy (non-hydrogen) atoms. The summed E-state index contributed by atoms with van der Waals surface area (Å²) in [6.07, 6.45) is 2.87. The number of fused-ring (bicyclic) bond motifs is 2. The number of alkyl halides is 2. The average Bonchev–Trinajstić information content (AvgIpc) is 2.66. The topological polar surface area (TPSA) is 55.6 Å². The fourth-order valence-electron chi connectivity index (χ4n) is 3.60. The number of esters is 1. The predicted octanol–water partition coefficient (Wildman–Crippen LogP) is 0.891. The lowest BCUT2D eigenvalue weighted by molar-refractivity contribution is -0.159. The maximum Gasteiger partial charge on any atom is 0.377 e. The van der Waals surface area contributed by atoms with E-state index < -0.39 is 24.4 Å². The largest absolute Gasteiger partial charge is 0.456 e. The zero-order valence-corrected chi connectivity index (χ0v) is 10.1. The maximum absolute atomic E-state index is 13.1. The second kappa shape index (κ2) is 4.13. The number of halogens is 2. The Bertz CT molecular complexity index is 350. The number of rotatable bonds is 2. The molecule has 3 heterocycles. The predicted molar refractivity (Wildman–Crippen MR) is 60.2 cm³/mol. The Labute approximate surface area is 104 Å². The molecule has 0 aliphatic carbocycles. The molecule has 0 saturated carbocycles. The fraction of sp³-hybridized carbons (Fsp3) is 0.917. The van der Waals surface area contributed by atoms with Gasteiger partial charge in [-0.2, -0.15) is 8.78 Å². The lowest BCUT2D eigenvalue weighted by Crippen LogP contribution is -2.49. The van der Waals surface area contributed by atoms with Crippen LogP contribution in [0.5, 0.6) is 0 Å². The van der Waals surface area contributed by atoms with Crippen molar-refractivity contribution < 1.29 is 18.3 Å². The first-order chi connectivity index (χ1) is 8.45. The lowest BCUT2D eigenvalue weighted by atomic mass is 9.97. The summed E-state index contributed by atoms with van der Waals surface area (Å²) in [4.78, 5) is 13.2. The molecule has 0 spiro atoms. The van der Waals surface area contributed by atoms with Crippen molar-refractivity contribution in [3.63, 3.8) is 0 Å². The van der Waals surface area contributed by atoms with E-state index in [0.717, 1.165) is 25.7 Å². The molecule has 2 bridgehead atoms. The second-order valence-corrected chi connectivity index (χ2v) is 5.75. The third kappa shape index (κ3) is 2.01. The van der Waals surface area contributed by atoms with Gasteiger partial charge < -0.3 is 10.5 Å². The number of nitrogens with zero attached hydrogens (tertiary/aromatic N) is 1. The molecular weight excluding hydrogens is 242 g/mol. The van der Waals surface area contributed by atoms with Gasteiger partial charge in [-0.1, -0.05) is 0 Å². The summed E-state index contributed by atoms with van der Waals surface area (Å²) >= 11 is 0. The number of carbonyl (C=O) groups excluding carboxylic acids is 1. The van der Waals surface area contributed by atoms with Gasteiger partial charge in [-0.25, -0.2) is 4.79 Å². The zero-order valence-electron chi connectivity index (χ0n) is 10.1. The van der Waals surface area contributed by atoms with Crippen molar-refractivity contribution in [2.24, 2.45) is 5.73 Å². The first kappa shape index (κ1) is 12.3. The Balaban J connectivity index is 1.63. The van der Waals surface area contributed by atoms with E-state index in [1.54, 1.807) is 0 Å². The Kier molecular flexibility index (Phi) is 2.82. The van der Waals surface area contributed by atoms with Gasteiger partial charge in [0.2, 0.25) is 0 Å². The van der Waals surface area contributed by atoms with E-state index in [9.17, 15) is 13.6 Å². The number of piperidine rings is 1. The van der Waals surface area contributed by atoms with Gasteiger partial charge in [-0.15, -0.1) is 0 Å². The molecule has 3 fully saturated rings. The van der Waals surface area contributed by atoms with Crippen LogP contribution in [0.25, 0.3) is 0 Å². The number of carbonyl (C=O) groups is 1. The number of nitrogens with two attached hydrogens (primary N) is 1. The van der Waals surface area contributed by atoms with Crippen LogP contribution in [-0.4, -0.2) is 47.6 Å². The fourth-order valence-corrected chi connectivity index (χ4v) is 3.60. The Morgan fingerprint density at radius 3 is 2.44 bits per heavy atom. The van der Waals surface area contributed by atoms with Gasteiger partial charge in [-0.05, 0) is 25.7 Å². The maximum atomic E-state index is 13.1. The average molecular weight is 260 g/mol. The molecule has 6 heteroatoms. The van der Waals surface area contributed by atoms with Gasteiger partial charge in [0.05, 0.1) is 6.42 Å². The van der Waals surface area contributed by atoms with Crippen molar-refractivity contribution >= 4 is 5.97 Å². The first-order valence-electron chi connectivity index (χ1n) is 6.56. The molecule has 0 aromatic carbocycles. The third-order valence-corrected chi connectivity index (χ3v) is 4.39. The molecule has 102 valence electrons. The molecular formula is C12H18F2N2O2. The van der Waals surface area contributed by atoms with Gasteiger partial charge in [0, 0.05) is 24.7 Å². The third-order valence-electron chi connectivity index (χ3n) is 4.39. The van der Waals surface area contributed by atoms with Crippen LogP contribution in [0, 0.1) is 0 Å². The highest BCUT2D eigenvalue weighted by molar-refractivity contribution is 5.79. The van der Waals surface area contributed by atoms with E-state index in [0.29, 0.717) is 18.6 Å². The van der Waals surface area contributed by atoms with Crippen LogP contribution >= 0.6 is 0 Å². The van der Waals surface area contributed by atoms with E-state index in [-0.39, 0.29) is 6.04 Å². The van der Waals surface area contributed by atoms with E-state index in [1.807, 2.05) is 0 Å². The number of cyclic esters (lactones) is 1. The van der Waals surface area contributed by atoms with E-state index in [1.165, 1.54) is 0 Å². The SMILES string of the molecule is NC1CC2CCC(C1)N2CC1CC(F)(F)C(=O)O1. The van der Waals surface area contributed by atoms with Crippen molar-refractivity contribution in [3.05, 3.63) is 0 Å². The monoisotopic (exact) mass is 260 g/mol. The smallest absolute Gasteiger partial charge is 0.377 e. The number of hydrogen-bond acceptors (Lipinski definition) is 4. The highest BCUT2D eigenvalue weighted by Crippen LogP contribution is 2.38. The molecule has 0 aromatic rings. The van der Waals surface area contributed by atoms with Crippen LogP contribution in [0.1, 0.15) is 32.1 Å². The molecule has 0 aromatic heterocycles. The minimum Gasteiger partial charge on any atom is -0.456 e. The molecule has 3 aliphatic heterocycles. The summed E-state index contributed by atoms with van der Waals surface area (Å²) < 4.78 is 31.0. The van der Waals surface area contributed by atoms with Crippen LogP contribution in [-0.2, 0) is 9.53 Å². The summed E-state index contributed by atoms with van der Waals surface area (Å²) in [5.41, 5.74) is 5.96. The zero-order chi connectivity index (χ0) is 12.9. The summed E-state index contributed by atoms with van der Waals surface area (Å²) in [5.74, 6) is -4.66. The highest BCUT2D eigenvalue weighted by Gasteiger charge is 2.52. The van der Waals surface area contributed by atoms with E-state index in [4.69, 9.17) is 10.5 Å². The molecule has 3 atom stereocenters. The second-order valence-electron chi connectivity index (χ2n) is 5.75. The molecule has 0 amide bonds. The van der Waals surface area contributed by atoms with Gasteiger partial charge in [-0.3, -0.25) is 4.90 Å².